The lowest BCUT2D eigenvalue weighted by molar-refractivity contribution is -0.122. The van der Waals surface area contributed by atoms with Gasteiger partial charge in [-0.1, -0.05) is 17.7 Å². The van der Waals surface area contributed by atoms with Crippen molar-refractivity contribution >= 4 is 23.5 Å². The molecular formula is C9H7ClN2O3. The smallest absolute Gasteiger partial charge is 0.296 e. The second kappa shape index (κ2) is 3.43. The van der Waals surface area contributed by atoms with Gasteiger partial charge in [-0.05, 0) is 12.1 Å². The van der Waals surface area contributed by atoms with Crippen molar-refractivity contribution < 1.29 is 14.6 Å². The van der Waals surface area contributed by atoms with E-state index in [4.69, 9.17) is 22.1 Å². The van der Waals surface area contributed by atoms with Crippen molar-refractivity contribution in [3.8, 4) is 5.75 Å². The monoisotopic (exact) mass is 226 g/mol. The lowest BCUT2D eigenvalue weighted by Crippen LogP contribution is -2.13. The molecule has 1 unspecified atom stereocenters. The molecule has 0 fully saturated rings. The fourth-order valence-electron chi connectivity index (χ4n) is 1.26. The zero-order valence-electron chi connectivity index (χ0n) is 7.48. The van der Waals surface area contributed by atoms with Gasteiger partial charge in [-0.2, -0.15) is 4.99 Å². The van der Waals surface area contributed by atoms with Crippen LogP contribution in [-0.4, -0.2) is 17.0 Å². The van der Waals surface area contributed by atoms with E-state index >= 15 is 0 Å². The maximum atomic E-state index is 11.3. The van der Waals surface area contributed by atoms with E-state index < -0.39 is 12.0 Å². The van der Waals surface area contributed by atoms with E-state index in [9.17, 15) is 9.90 Å². The highest BCUT2D eigenvalue weighted by Crippen LogP contribution is 2.30. The standard InChI is InChI=1S/C9H7ClN2O3/c10-5-3-4(1-2-6(5)13)7-8(14)12-9(11)15-7/h1-3,7,13H,(H2,11,12,14). The zero-order chi connectivity index (χ0) is 11.0. The molecule has 2 rings (SSSR count). The van der Waals surface area contributed by atoms with Gasteiger partial charge in [0.1, 0.15) is 5.75 Å². The molecule has 0 radical (unpaired) electrons. The molecule has 0 saturated heterocycles. The second-order valence-corrected chi connectivity index (χ2v) is 3.40. The van der Waals surface area contributed by atoms with Gasteiger partial charge in [0.05, 0.1) is 5.02 Å². The summed E-state index contributed by atoms with van der Waals surface area (Å²) >= 11 is 5.69. The highest BCUT2D eigenvalue weighted by atomic mass is 35.5. The molecule has 0 bridgehead atoms. The van der Waals surface area contributed by atoms with Crippen LogP contribution in [0.1, 0.15) is 11.7 Å². The largest absolute Gasteiger partial charge is 0.506 e. The van der Waals surface area contributed by atoms with Gasteiger partial charge in [-0.25, -0.2) is 0 Å². The summed E-state index contributed by atoms with van der Waals surface area (Å²) in [4.78, 5) is 14.7. The van der Waals surface area contributed by atoms with Crippen molar-refractivity contribution in [1.29, 1.82) is 0 Å². The number of nitrogens with zero attached hydrogens (tertiary/aromatic N) is 1. The number of phenolic OH excluding ortho intramolecular Hbond substituents is 1. The average Bonchev–Trinajstić information content (AvgIpc) is 2.50. The first-order valence-electron chi connectivity index (χ1n) is 4.11. The number of hydrogen-bond acceptors (Lipinski definition) is 4. The Bertz CT molecular complexity index is 459. The van der Waals surface area contributed by atoms with Crippen LogP contribution in [0.3, 0.4) is 0 Å². The number of rotatable bonds is 1. The number of benzene rings is 1. The number of amides is 1. The van der Waals surface area contributed by atoms with Gasteiger partial charge in [-0.3, -0.25) is 4.79 Å². The van der Waals surface area contributed by atoms with Gasteiger partial charge >= 0.3 is 0 Å². The molecule has 0 saturated carbocycles. The third kappa shape index (κ3) is 1.73. The summed E-state index contributed by atoms with van der Waals surface area (Å²) in [6, 6.07) is 4.18. The van der Waals surface area contributed by atoms with Crippen LogP contribution in [0.5, 0.6) is 5.75 Å². The van der Waals surface area contributed by atoms with Crippen molar-refractivity contribution in [3.05, 3.63) is 28.8 Å². The number of carbonyl (C=O) groups excluding carboxylic acids is 1. The molecule has 3 N–H and O–H groups in total. The molecular weight excluding hydrogens is 220 g/mol. The molecule has 1 aromatic rings. The Morgan fingerprint density at radius 1 is 1.53 bits per heavy atom. The lowest BCUT2D eigenvalue weighted by atomic mass is 10.1. The van der Waals surface area contributed by atoms with Gasteiger partial charge in [0, 0.05) is 5.56 Å². The third-order valence-corrected chi connectivity index (χ3v) is 2.26. The molecule has 5 nitrogen and oxygen atoms in total. The molecule has 1 aliphatic rings. The van der Waals surface area contributed by atoms with Crippen LogP contribution in [0.25, 0.3) is 0 Å². The first-order valence-corrected chi connectivity index (χ1v) is 4.49. The Balaban J connectivity index is 2.32. The summed E-state index contributed by atoms with van der Waals surface area (Å²) in [6.07, 6.45) is -0.858. The zero-order valence-corrected chi connectivity index (χ0v) is 8.23. The lowest BCUT2D eigenvalue weighted by Gasteiger charge is -2.09. The van der Waals surface area contributed by atoms with E-state index in [-0.39, 0.29) is 16.8 Å². The summed E-state index contributed by atoms with van der Waals surface area (Å²) in [5.74, 6) is -0.533. The summed E-state index contributed by atoms with van der Waals surface area (Å²) in [6.45, 7) is 0. The Morgan fingerprint density at radius 2 is 2.27 bits per heavy atom. The topological polar surface area (TPSA) is 84.9 Å². The third-order valence-electron chi connectivity index (χ3n) is 1.96. The highest BCUT2D eigenvalue weighted by Gasteiger charge is 2.29. The van der Waals surface area contributed by atoms with Crippen LogP contribution in [0.4, 0.5) is 0 Å². The molecule has 1 atom stereocenters. The van der Waals surface area contributed by atoms with E-state index in [1.54, 1.807) is 0 Å². The minimum atomic E-state index is -0.858. The molecule has 0 aliphatic carbocycles. The van der Waals surface area contributed by atoms with E-state index in [1.165, 1.54) is 18.2 Å². The summed E-state index contributed by atoms with van der Waals surface area (Å²) < 4.78 is 4.99. The highest BCUT2D eigenvalue weighted by molar-refractivity contribution is 6.32. The predicted octanol–water partition coefficient (Wildman–Crippen LogP) is 0.958. The maximum absolute atomic E-state index is 11.3. The minimum Gasteiger partial charge on any atom is -0.506 e. The van der Waals surface area contributed by atoms with Crippen molar-refractivity contribution in [2.24, 2.45) is 10.7 Å². The van der Waals surface area contributed by atoms with Crippen LogP contribution in [0.15, 0.2) is 23.2 Å². The molecule has 1 aromatic carbocycles. The van der Waals surface area contributed by atoms with E-state index in [0.29, 0.717) is 5.56 Å². The molecule has 0 spiro atoms. The minimum absolute atomic E-state index is 0.0558. The number of hydrogen-bond donors (Lipinski definition) is 2. The van der Waals surface area contributed by atoms with Gasteiger partial charge < -0.3 is 15.6 Å². The molecule has 15 heavy (non-hydrogen) atoms. The quantitative estimate of drug-likeness (QED) is 0.747. The van der Waals surface area contributed by atoms with Crippen LogP contribution >= 0.6 is 11.6 Å². The number of nitrogens with two attached hydrogens (primary N) is 1. The first kappa shape index (κ1) is 9.79. The number of halogens is 1. The molecule has 6 heteroatoms. The van der Waals surface area contributed by atoms with Crippen LogP contribution in [0.2, 0.25) is 5.02 Å². The van der Waals surface area contributed by atoms with Crippen LogP contribution in [-0.2, 0) is 9.53 Å². The predicted molar refractivity (Wildman–Crippen MR) is 53.6 cm³/mol. The first-order chi connectivity index (χ1) is 7.08. The van der Waals surface area contributed by atoms with Gasteiger partial charge in [0.15, 0.2) is 0 Å². The second-order valence-electron chi connectivity index (χ2n) is 3.00. The van der Waals surface area contributed by atoms with Crippen molar-refractivity contribution in [2.75, 3.05) is 0 Å². The summed E-state index contributed by atoms with van der Waals surface area (Å²) in [5, 5.41) is 9.34. The molecule has 1 aliphatic heterocycles. The Hall–Kier alpha value is -1.75. The number of ether oxygens (including phenoxy) is 1. The normalized spacial score (nSPS) is 19.9. The van der Waals surface area contributed by atoms with Crippen molar-refractivity contribution in [1.82, 2.24) is 0 Å². The van der Waals surface area contributed by atoms with Gasteiger partial charge in [0.2, 0.25) is 6.10 Å². The SMILES string of the molecule is NC1=NC(=O)C(c2ccc(O)c(Cl)c2)O1. The van der Waals surface area contributed by atoms with Crippen LogP contribution in [0, 0.1) is 0 Å². The summed E-state index contributed by atoms with van der Waals surface area (Å²) in [5.41, 5.74) is 5.75. The number of amidine groups is 1. The molecule has 0 aromatic heterocycles. The number of aliphatic imine (C=N–C) groups is 1. The van der Waals surface area contributed by atoms with Gasteiger partial charge in [0.25, 0.3) is 11.9 Å². The molecule has 1 amide bonds. The van der Waals surface area contributed by atoms with Crippen LogP contribution < -0.4 is 5.73 Å². The van der Waals surface area contributed by atoms with E-state index in [2.05, 4.69) is 4.99 Å². The fourth-order valence-corrected chi connectivity index (χ4v) is 1.45. The Labute approximate surface area is 90.1 Å². The van der Waals surface area contributed by atoms with E-state index in [0.717, 1.165) is 0 Å². The van der Waals surface area contributed by atoms with E-state index in [1.807, 2.05) is 0 Å². The molecule has 78 valence electrons. The fraction of sp³-hybridized carbons (Fsp3) is 0.111. The van der Waals surface area contributed by atoms with Crippen molar-refractivity contribution in [3.63, 3.8) is 0 Å². The average molecular weight is 227 g/mol. The Kier molecular flexibility index (Phi) is 2.24. The molecule has 1 heterocycles. The summed E-state index contributed by atoms with van der Waals surface area (Å²) in [7, 11) is 0. The van der Waals surface area contributed by atoms with Crippen molar-refractivity contribution in [2.45, 2.75) is 6.10 Å². The number of phenols is 1. The number of aromatic hydroxyl groups is 1. The Morgan fingerprint density at radius 3 is 2.80 bits per heavy atom. The van der Waals surface area contributed by atoms with Gasteiger partial charge in [-0.15, -0.1) is 0 Å². The number of carbonyl (C=O) groups is 1. The maximum Gasteiger partial charge on any atom is 0.296 e.